The number of benzene rings is 10. The Balaban J connectivity index is 1.27. The van der Waals surface area contributed by atoms with E-state index in [1.165, 1.54) is 109 Å². The van der Waals surface area contributed by atoms with Crippen LogP contribution < -0.4 is 0 Å². The fourth-order valence-corrected chi connectivity index (χ4v) is 9.33. The quantitative estimate of drug-likeness (QED) is 0.164. The molecular weight excluding hydrogens is 629 g/mol. The first-order chi connectivity index (χ1) is 25.8. The third-order valence-electron chi connectivity index (χ3n) is 11.4. The first-order valence-corrected chi connectivity index (χ1v) is 18.0. The minimum atomic E-state index is 1.17. The summed E-state index contributed by atoms with van der Waals surface area (Å²) in [6.45, 7) is 0. The van der Waals surface area contributed by atoms with Gasteiger partial charge in [0.25, 0.3) is 0 Å². The molecule has 0 saturated heterocycles. The van der Waals surface area contributed by atoms with Gasteiger partial charge in [-0.25, -0.2) is 0 Å². The molecule has 0 aliphatic heterocycles. The predicted molar refractivity (Wildman–Crippen MR) is 223 cm³/mol. The lowest BCUT2D eigenvalue weighted by molar-refractivity contribution is 1.19. The Morgan fingerprint density at radius 1 is 0.212 bits per heavy atom. The Morgan fingerprint density at radius 2 is 0.481 bits per heavy atom. The second-order valence-corrected chi connectivity index (χ2v) is 14.0. The molecule has 2 heterocycles. The van der Waals surface area contributed by atoms with Gasteiger partial charge in [-0.2, -0.15) is 0 Å². The lowest BCUT2D eigenvalue weighted by Gasteiger charge is -2.18. The zero-order valence-corrected chi connectivity index (χ0v) is 28.2. The number of hydrogen-bond acceptors (Lipinski definition) is 0. The summed E-state index contributed by atoms with van der Waals surface area (Å²) in [6, 6.07) is 67.3. The molecule has 0 spiro atoms. The second kappa shape index (κ2) is 10.3. The normalized spacial score (nSPS) is 12.2. The summed E-state index contributed by atoms with van der Waals surface area (Å²) in [6.07, 6.45) is 0. The fraction of sp³-hybridized carbons (Fsp3) is 0. The minimum absolute atomic E-state index is 1.17. The van der Waals surface area contributed by atoms with Crippen LogP contribution in [0.15, 0.2) is 182 Å². The molecule has 0 N–H and O–H groups in total. The van der Waals surface area contributed by atoms with Crippen LogP contribution in [-0.4, -0.2) is 9.13 Å². The molecule has 0 aliphatic rings. The summed E-state index contributed by atoms with van der Waals surface area (Å²) in [7, 11) is 0. The van der Waals surface area contributed by atoms with Crippen LogP contribution in [0, 0.1) is 0 Å². The van der Waals surface area contributed by atoms with Gasteiger partial charge in [0.05, 0.1) is 22.1 Å². The van der Waals surface area contributed by atoms with Gasteiger partial charge in [0.15, 0.2) is 0 Å². The molecule has 12 rings (SSSR count). The summed E-state index contributed by atoms with van der Waals surface area (Å²) >= 11 is 0. The highest BCUT2D eigenvalue weighted by Gasteiger charge is 2.19. The van der Waals surface area contributed by atoms with Gasteiger partial charge in [0.2, 0.25) is 0 Å². The van der Waals surface area contributed by atoms with Gasteiger partial charge in [-0.15, -0.1) is 0 Å². The predicted octanol–water partition coefficient (Wildman–Crippen LogP) is 13.6. The van der Waals surface area contributed by atoms with Crippen LogP contribution in [0.2, 0.25) is 0 Å². The number of fused-ring (bicyclic) bond motifs is 17. The molecular formula is C50H30N2. The molecule has 0 radical (unpaired) electrons. The lowest BCUT2D eigenvalue weighted by atomic mass is 9.87. The molecule has 0 atom stereocenters. The van der Waals surface area contributed by atoms with E-state index in [-0.39, 0.29) is 0 Å². The van der Waals surface area contributed by atoms with Gasteiger partial charge in [-0.1, -0.05) is 133 Å². The van der Waals surface area contributed by atoms with Gasteiger partial charge < -0.3 is 9.13 Å². The van der Waals surface area contributed by atoms with E-state index >= 15 is 0 Å². The van der Waals surface area contributed by atoms with E-state index in [0.29, 0.717) is 0 Å². The van der Waals surface area contributed by atoms with E-state index in [2.05, 4.69) is 191 Å². The molecule has 0 saturated carbocycles. The van der Waals surface area contributed by atoms with Crippen molar-refractivity contribution in [3.8, 4) is 11.4 Å². The molecule has 52 heavy (non-hydrogen) atoms. The van der Waals surface area contributed by atoms with Crippen LogP contribution in [0.4, 0.5) is 0 Å². The second-order valence-electron chi connectivity index (χ2n) is 14.0. The Bertz CT molecular complexity index is 3130. The molecule has 0 amide bonds. The van der Waals surface area contributed by atoms with Crippen molar-refractivity contribution in [2.45, 2.75) is 0 Å². The highest BCUT2D eigenvalue weighted by molar-refractivity contribution is 6.39. The highest BCUT2D eigenvalue weighted by Crippen LogP contribution is 2.46. The number of para-hydroxylation sites is 4. The summed E-state index contributed by atoms with van der Waals surface area (Å²) in [5.41, 5.74) is 7.23. The smallest absolute Gasteiger partial charge is 0.0541 e. The maximum absolute atomic E-state index is 2.44. The minimum Gasteiger partial charge on any atom is -0.309 e. The molecule has 10 aromatic carbocycles. The zero-order chi connectivity index (χ0) is 33.9. The maximum Gasteiger partial charge on any atom is 0.0541 e. The van der Waals surface area contributed by atoms with Crippen molar-refractivity contribution in [1.29, 1.82) is 0 Å². The molecule has 0 bridgehead atoms. The topological polar surface area (TPSA) is 9.86 Å². The summed E-state index contributed by atoms with van der Waals surface area (Å²) < 4.78 is 4.88. The van der Waals surface area contributed by atoms with Crippen molar-refractivity contribution in [3.63, 3.8) is 0 Å². The lowest BCUT2D eigenvalue weighted by Crippen LogP contribution is -1.96. The van der Waals surface area contributed by atoms with Crippen molar-refractivity contribution in [2.75, 3.05) is 0 Å². The third-order valence-corrected chi connectivity index (χ3v) is 11.4. The molecule has 2 nitrogen and oxygen atoms in total. The van der Waals surface area contributed by atoms with Crippen molar-refractivity contribution in [3.05, 3.63) is 182 Å². The first kappa shape index (κ1) is 27.9. The first-order valence-electron chi connectivity index (χ1n) is 18.0. The third kappa shape index (κ3) is 3.63. The Hall–Kier alpha value is -6.90. The fourth-order valence-electron chi connectivity index (χ4n) is 9.33. The van der Waals surface area contributed by atoms with Crippen molar-refractivity contribution < 1.29 is 0 Å². The maximum atomic E-state index is 2.44. The van der Waals surface area contributed by atoms with Gasteiger partial charge in [0, 0.05) is 32.9 Å². The standard InChI is InChI=1S/C50H30N2/c1-3-19-41-33(13-1)35-27-25-31(51-45-21-9-5-15-37(45)38-16-6-10-22-46(38)51)29-43(35)50-42-20-4-2-14-34(42)36-28-26-32(30-44(36)49(41)50)52-47-23-11-7-17-39(47)40-18-8-12-24-48(40)52/h1-30H. The largest absolute Gasteiger partial charge is 0.309 e. The van der Waals surface area contributed by atoms with Gasteiger partial charge in [-0.3, -0.25) is 0 Å². The van der Waals surface area contributed by atoms with Gasteiger partial charge >= 0.3 is 0 Å². The Labute approximate surface area is 299 Å². The van der Waals surface area contributed by atoms with E-state index in [1.807, 2.05) is 0 Å². The highest BCUT2D eigenvalue weighted by atomic mass is 15.0. The monoisotopic (exact) mass is 658 g/mol. The Kier molecular flexibility index (Phi) is 5.53. The zero-order valence-electron chi connectivity index (χ0n) is 28.2. The summed E-state index contributed by atoms with van der Waals surface area (Å²) in [5.74, 6) is 0. The van der Waals surface area contributed by atoms with Crippen LogP contribution >= 0.6 is 0 Å². The molecule has 0 unspecified atom stereocenters. The molecule has 12 aromatic rings. The molecule has 0 aliphatic carbocycles. The molecule has 0 fully saturated rings. The van der Waals surface area contributed by atoms with Crippen LogP contribution in [0.3, 0.4) is 0 Å². The van der Waals surface area contributed by atoms with Crippen LogP contribution in [0.25, 0.3) is 109 Å². The van der Waals surface area contributed by atoms with E-state index in [0.717, 1.165) is 0 Å². The average Bonchev–Trinajstić information content (AvgIpc) is 3.73. The summed E-state index contributed by atoms with van der Waals surface area (Å²) in [4.78, 5) is 0. The Morgan fingerprint density at radius 3 is 0.827 bits per heavy atom. The average molecular weight is 659 g/mol. The van der Waals surface area contributed by atoms with Gasteiger partial charge in [-0.05, 0) is 102 Å². The van der Waals surface area contributed by atoms with E-state index < -0.39 is 0 Å². The SMILES string of the molecule is c1ccc2c(c1)c1ccc(-n3c4ccccc4c4ccccc43)cc1c1c3ccccc3c3ccc(-n4c5ccccc5c5ccccc54)cc3c21. The van der Waals surface area contributed by atoms with Gasteiger partial charge in [0.1, 0.15) is 0 Å². The van der Waals surface area contributed by atoms with Crippen molar-refractivity contribution >= 4 is 97.5 Å². The van der Waals surface area contributed by atoms with Crippen molar-refractivity contribution in [1.82, 2.24) is 9.13 Å². The number of rotatable bonds is 2. The molecule has 240 valence electrons. The molecule has 2 heteroatoms. The number of hydrogen-bond donors (Lipinski definition) is 0. The van der Waals surface area contributed by atoms with Crippen LogP contribution in [0.5, 0.6) is 0 Å². The number of nitrogens with zero attached hydrogens (tertiary/aromatic N) is 2. The molecule has 2 aromatic heterocycles. The van der Waals surface area contributed by atoms with E-state index in [4.69, 9.17) is 0 Å². The van der Waals surface area contributed by atoms with Crippen LogP contribution in [0.1, 0.15) is 0 Å². The number of aromatic nitrogens is 2. The van der Waals surface area contributed by atoms with Crippen molar-refractivity contribution in [2.24, 2.45) is 0 Å². The van der Waals surface area contributed by atoms with E-state index in [1.54, 1.807) is 0 Å². The van der Waals surface area contributed by atoms with E-state index in [9.17, 15) is 0 Å². The van der Waals surface area contributed by atoms with Crippen LogP contribution in [-0.2, 0) is 0 Å². The summed E-state index contributed by atoms with van der Waals surface area (Å²) in [5, 5.41) is 17.9.